The standard InChI is InChI=1S/C9H11ClN2O2S/c10-8-2-1-5-11-9(8)12-15(13,14)6-7-3-4-7/h1-2,5,7H,3-4,6H2,(H,11,12). The van der Waals surface area contributed by atoms with Gasteiger partial charge in [0.25, 0.3) is 0 Å². The molecule has 0 amide bonds. The Hall–Kier alpha value is -0.810. The Morgan fingerprint density at radius 2 is 2.27 bits per heavy atom. The number of hydrogen-bond acceptors (Lipinski definition) is 3. The molecular weight excluding hydrogens is 236 g/mol. The Kier molecular flexibility index (Phi) is 2.84. The number of halogens is 1. The van der Waals surface area contributed by atoms with Gasteiger partial charge >= 0.3 is 0 Å². The first-order valence-electron chi connectivity index (χ1n) is 4.68. The van der Waals surface area contributed by atoms with Gasteiger partial charge < -0.3 is 0 Å². The third-order valence-corrected chi connectivity index (χ3v) is 3.88. The third kappa shape index (κ3) is 3.07. The van der Waals surface area contributed by atoms with Gasteiger partial charge in [-0.3, -0.25) is 4.72 Å². The van der Waals surface area contributed by atoms with Crippen molar-refractivity contribution in [2.24, 2.45) is 5.92 Å². The monoisotopic (exact) mass is 246 g/mol. The van der Waals surface area contributed by atoms with E-state index in [1.165, 1.54) is 6.20 Å². The SMILES string of the molecule is O=S(=O)(CC1CC1)Nc1ncccc1Cl. The van der Waals surface area contributed by atoms with E-state index < -0.39 is 10.0 Å². The second-order valence-corrected chi connectivity index (χ2v) is 5.83. The molecule has 2 rings (SSSR count). The summed E-state index contributed by atoms with van der Waals surface area (Å²) in [5, 5.41) is 0.317. The fourth-order valence-corrected chi connectivity index (χ4v) is 2.96. The van der Waals surface area contributed by atoms with Crippen LogP contribution in [-0.4, -0.2) is 19.2 Å². The van der Waals surface area contributed by atoms with E-state index in [0.717, 1.165) is 12.8 Å². The van der Waals surface area contributed by atoms with Crippen molar-refractivity contribution in [3.63, 3.8) is 0 Å². The Labute approximate surface area is 93.7 Å². The van der Waals surface area contributed by atoms with Gasteiger partial charge in [-0.05, 0) is 30.9 Å². The molecule has 1 aromatic rings. The van der Waals surface area contributed by atoms with Gasteiger partial charge in [-0.25, -0.2) is 13.4 Å². The lowest BCUT2D eigenvalue weighted by atomic mass is 10.5. The molecule has 0 unspecified atom stereocenters. The first kappa shape index (κ1) is 10.7. The van der Waals surface area contributed by atoms with E-state index in [1.807, 2.05) is 0 Å². The summed E-state index contributed by atoms with van der Waals surface area (Å²) in [5.74, 6) is 0.685. The van der Waals surface area contributed by atoms with Crippen LogP contribution in [-0.2, 0) is 10.0 Å². The summed E-state index contributed by atoms with van der Waals surface area (Å²) in [6.07, 6.45) is 3.49. The predicted octanol–water partition coefficient (Wildman–Crippen LogP) is 1.89. The summed E-state index contributed by atoms with van der Waals surface area (Å²) >= 11 is 5.79. The lowest BCUT2D eigenvalue weighted by Crippen LogP contribution is -2.18. The fraction of sp³-hybridized carbons (Fsp3) is 0.444. The first-order chi connectivity index (χ1) is 7.07. The molecule has 0 atom stereocenters. The van der Waals surface area contributed by atoms with E-state index in [-0.39, 0.29) is 11.6 Å². The van der Waals surface area contributed by atoms with E-state index in [4.69, 9.17) is 11.6 Å². The Morgan fingerprint density at radius 3 is 2.87 bits per heavy atom. The lowest BCUT2D eigenvalue weighted by Gasteiger charge is -2.07. The first-order valence-corrected chi connectivity index (χ1v) is 6.71. The second-order valence-electron chi connectivity index (χ2n) is 3.66. The minimum absolute atomic E-state index is 0.167. The molecule has 0 spiro atoms. The molecule has 1 aliphatic rings. The molecule has 1 N–H and O–H groups in total. The highest BCUT2D eigenvalue weighted by Gasteiger charge is 2.28. The summed E-state index contributed by atoms with van der Waals surface area (Å²) in [5.41, 5.74) is 0. The molecule has 0 aromatic carbocycles. The molecule has 6 heteroatoms. The zero-order valence-corrected chi connectivity index (χ0v) is 9.55. The average molecular weight is 247 g/mol. The van der Waals surface area contributed by atoms with Gasteiger partial charge in [-0.2, -0.15) is 0 Å². The van der Waals surface area contributed by atoms with Crippen LogP contribution < -0.4 is 4.72 Å². The summed E-state index contributed by atoms with van der Waals surface area (Å²) in [6, 6.07) is 3.25. The Bertz CT molecular complexity index is 457. The lowest BCUT2D eigenvalue weighted by molar-refractivity contribution is 0.597. The van der Waals surface area contributed by atoms with E-state index >= 15 is 0 Å². The predicted molar refractivity (Wildman–Crippen MR) is 59.4 cm³/mol. The van der Waals surface area contributed by atoms with Crippen LogP contribution in [0.2, 0.25) is 5.02 Å². The Balaban J connectivity index is 2.10. The van der Waals surface area contributed by atoms with Crippen LogP contribution in [0.15, 0.2) is 18.3 Å². The highest BCUT2D eigenvalue weighted by atomic mass is 35.5. The minimum atomic E-state index is -3.29. The zero-order chi connectivity index (χ0) is 10.9. The van der Waals surface area contributed by atoms with Crippen LogP contribution >= 0.6 is 11.6 Å². The molecular formula is C9H11ClN2O2S. The molecule has 0 radical (unpaired) electrons. The van der Waals surface area contributed by atoms with Gasteiger partial charge in [0, 0.05) is 6.20 Å². The van der Waals surface area contributed by atoms with Gasteiger partial charge in [-0.1, -0.05) is 11.6 Å². The van der Waals surface area contributed by atoms with Gasteiger partial charge in [0.15, 0.2) is 5.82 Å². The average Bonchev–Trinajstić information content (AvgIpc) is 2.91. The third-order valence-electron chi connectivity index (χ3n) is 2.16. The van der Waals surface area contributed by atoms with Gasteiger partial charge in [0.1, 0.15) is 0 Å². The molecule has 1 fully saturated rings. The number of aromatic nitrogens is 1. The number of nitrogens with one attached hydrogen (secondary N) is 1. The number of rotatable bonds is 4. The minimum Gasteiger partial charge on any atom is -0.266 e. The van der Waals surface area contributed by atoms with Crippen molar-refractivity contribution in [3.8, 4) is 0 Å². The van der Waals surface area contributed by atoms with Gasteiger partial charge in [-0.15, -0.1) is 0 Å². The maximum atomic E-state index is 11.6. The molecule has 1 aliphatic carbocycles. The van der Waals surface area contributed by atoms with Gasteiger partial charge in [0.05, 0.1) is 10.8 Å². The molecule has 4 nitrogen and oxygen atoms in total. The Morgan fingerprint density at radius 1 is 1.53 bits per heavy atom. The van der Waals surface area contributed by atoms with Crippen LogP contribution in [0.1, 0.15) is 12.8 Å². The summed E-state index contributed by atoms with van der Waals surface area (Å²) in [7, 11) is -3.29. The smallest absolute Gasteiger partial charge is 0.234 e. The number of hydrogen-bond donors (Lipinski definition) is 1. The van der Waals surface area contributed by atoms with Crippen LogP contribution in [0.4, 0.5) is 5.82 Å². The molecule has 15 heavy (non-hydrogen) atoms. The molecule has 82 valence electrons. The van der Waals surface area contributed by atoms with Crippen molar-refractivity contribution in [1.29, 1.82) is 0 Å². The maximum Gasteiger partial charge on any atom is 0.234 e. The van der Waals surface area contributed by atoms with E-state index in [9.17, 15) is 8.42 Å². The van der Waals surface area contributed by atoms with Crippen molar-refractivity contribution in [3.05, 3.63) is 23.4 Å². The molecule has 1 saturated carbocycles. The molecule has 1 aromatic heterocycles. The fourth-order valence-electron chi connectivity index (χ4n) is 1.24. The van der Waals surface area contributed by atoms with Crippen LogP contribution in [0, 0.1) is 5.92 Å². The zero-order valence-electron chi connectivity index (χ0n) is 7.98. The summed E-state index contributed by atoms with van der Waals surface area (Å²) in [6.45, 7) is 0. The van der Waals surface area contributed by atoms with Crippen molar-refractivity contribution in [2.75, 3.05) is 10.5 Å². The van der Waals surface area contributed by atoms with E-state index in [0.29, 0.717) is 10.9 Å². The highest BCUT2D eigenvalue weighted by Crippen LogP contribution is 2.31. The summed E-state index contributed by atoms with van der Waals surface area (Å²) in [4.78, 5) is 3.87. The molecule has 1 heterocycles. The van der Waals surface area contributed by atoms with Crippen LogP contribution in [0.3, 0.4) is 0 Å². The van der Waals surface area contributed by atoms with E-state index in [1.54, 1.807) is 12.1 Å². The van der Waals surface area contributed by atoms with Gasteiger partial charge in [0.2, 0.25) is 10.0 Å². The normalized spacial score (nSPS) is 16.3. The van der Waals surface area contributed by atoms with Crippen LogP contribution in [0.25, 0.3) is 0 Å². The quantitative estimate of drug-likeness (QED) is 0.883. The van der Waals surface area contributed by atoms with Crippen molar-refractivity contribution >= 4 is 27.4 Å². The molecule has 0 saturated heterocycles. The largest absolute Gasteiger partial charge is 0.266 e. The number of pyridine rings is 1. The maximum absolute atomic E-state index is 11.6. The van der Waals surface area contributed by atoms with E-state index in [2.05, 4.69) is 9.71 Å². The molecule has 0 aliphatic heterocycles. The van der Waals surface area contributed by atoms with Crippen molar-refractivity contribution in [1.82, 2.24) is 4.98 Å². The summed E-state index contributed by atoms with van der Waals surface area (Å²) < 4.78 is 25.6. The highest BCUT2D eigenvalue weighted by molar-refractivity contribution is 7.92. The van der Waals surface area contributed by atoms with Crippen LogP contribution in [0.5, 0.6) is 0 Å². The van der Waals surface area contributed by atoms with Crippen molar-refractivity contribution < 1.29 is 8.42 Å². The number of anilines is 1. The number of nitrogens with zero attached hydrogens (tertiary/aromatic N) is 1. The van der Waals surface area contributed by atoms with Crippen molar-refractivity contribution in [2.45, 2.75) is 12.8 Å². The topological polar surface area (TPSA) is 59.1 Å². The number of sulfonamides is 1. The second kappa shape index (κ2) is 3.98. The molecule has 0 bridgehead atoms.